The van der Waals surface area contributed by atoms with E-state index >= 15 is 0 Å². The molecule has 0 radical (unpaired) electrons. The van der Waals surface area contributed by atoms with Gasteiger partial charge in [-0.2, -0.15) is 0 Å². The van der Waals surface area contributed by atoms with E-state index in [0.717, 1.165) is 27.8 Å². The molecule has 1 aliphatic heterocycles. The van der Waals surface area contributed by atoms with Gasteiger partial charge >= 0.3 is 0 Å². The number of hydrogen-bond acceptors (Lipinski definition) is 3. The van der Waals surface area contributed by atoms with E-state index < -0.39 is 11.2 Å². The molecule has 1 aliphatic rings. The molecule has 136 valence electrons. The molecule has 26 heavy (non-hydrogen) atoms. The van der Waals surface area contributed by atoms with E-state index in [4.69, 9.17) is 4.74 Å². The van der Waals surface area contributed by atoms with Gasteiger partial charge in [-0.3, -0.25) is 4.79 Å². The fourth-order valence-electron chi connectivity index (χ4n) is 3.83. The molecule has 0 spiro atoms. The Bertz CT molecular complexity index is 879. The van der Waals surface area contributed by atoms with Gasteiger partial charge in [0, 0.05) is 0 Å². The maximum absolute atomic E-state index is 13.1. The van der Waals surface area contributed by atoms with Crippen molar-refractivity contribution in [3.8, 4) is 11.1 Å². The van der Waals surface area contributed by atoms with Crippen LogP contribution in [0.4, 0.5) is 0 Å². The van der Waals surface area contributed by atoms with Gasteiger partial charge in [-0.05, 0) is 69.4 Å². The zero-order valence-electron chi connectivity index (χ0n) is 16.3. The summed E-state index contributed by atoms with van der Waals surface area (Å²) in [6.45, 7) is 11.1. The van der Waals surface area contributed by atoms with Gasteiger partial charge in [0.15, 0.2) is 5.78 Å². The van der Waals surface area contributed by atoms with E-state index in [2.05, 4.69) is 24.3 Å². The maximum Gasteiger partial charge on any atom is 0.198 e. The molecule has 3 heteroatoms. The number of hydrogen-bond donors (Lipinski definition) is 1. The molecule has 0 aromatic heterocycles. The Balaban J connectivity index is 2.22. The van der Waals surface area contributed by atoms with Crippen molar-refractivity contribution in [2.24, 2.45) is 0 Å². The first-order valence-corrected chi connectivity index (χ1v) is 8.90. The molecule has 0 atom stereocenters. The second kappa shape index (κ2) is 6.10. The van der Waals surface area contributed by atoms with Crippen LogP contribution in [0.2, 0.25) is 0 Å². The van der Waals surface area contributed by atoms with E-state index in [1.807, 2.05) is 32.0 Å². The molecule has 1 N–H and O–H groups in total. The van der Waals surface area contributed by atoms with Crippen LogP contribution < -0.4 is 0 Å². The Morgan fingerprint density at radius 1 is 0.846 bits per heavy atom. The molecule has 3 rings (SSSR count). The van der Waals surface area contributed by atoms with E-state index in [9.17, 15) is 9.90 Å². The lowest BCUT2D eigenvalue weighted by Gasteiger charge is -2.41. The molecular formula is C23H26O3. The summed E-state index contributed by atoms with van der Waals surface area (Å²) in [7, 11) is 0. The number of carbonyl (C=O) groups excluding carboxylic acids is 1. The van der Waals surface area contributed by atoms with Gasteiger partial charge in [0.25, 0.3) is 0 Å². The van der Waals surface area contributed by atoms with Gasteiger partial charge in [0.05, 0.1) is 5.57 Å². The van der Waals surface area contributed by atoms with Crippen LogP contribution in [0.15, 0.2) is 48.2 Å². The fourth-order valence-corrected chi connectivity index (χ4v) is 3.83. The smallest absolute Gasteiger partial charge is 0.198 e. The second-order valence-electron chi connectivity index (χ2n) is 8.03. The Hall–Kier alpha value is -2.39. The number of aliphatic hydroxyl groups is 1. The van der Waals surface area contributed by atoms with Gasteiger partial charge in [-0.25, -0.2) is 0 Å². The predicted molar refractivity (Wildman–Crippen MR) is 105 cm³/mol. The van der Waals surface area contributed by atoms with Crippen LogP contribution in [-0.4, -0.2) is 22.1 Å². The average Bonchev–Trinajstić information content (AvgIpc) is 2.55. The first-order chi connectivity index (χ1) is 12.0. The molecule has 0 amide bonds. The highest BCUT2D eigenvalue weighted by Gasteiger charge is 2.47. The molecule has 0 bridgehead atoms. The van der Waals surface area contributed by atoms with Crippen molar-refractivity contribution < 1.29 is 14.6 Å². The third kappa shape index (κ3) is 2.97. The molecule has 1 heterocycles. The van der Waals surface area contributed by atoms with Crippen molar-refractivity contribution in [3.05, 3.63) is 64.9 Å². The zero-order chi connectivity index (χ0) is 19.3. The van der Waals surface area contributed by atoms with Crippen LogP contribution in [0.1, 0.15) is 44.4 Å². The molecule has 0 aliphatic carbocycles. The molecule has 2 aromatic carbocycles. The van der Waals surface area contributed by atoms with E-state index in [1.165, 1.54) is 0 Å². The Labute approximate surface area is 155 Å². The van der Waals surface area contributed by atoms with E-state index in [0.29, 0.717) is 5.57 Å². The summed E-state index contributed by atoms with van der Waals surface area (Å²) in [6.07, 6.45) is 0. The topological polar surface area (TPSA) is 46.5 Å². The average molecular weight is 350 g/mol. The first kappa shape index (κ1) is 18.4. The normalized spacial score (nSPS) is 18.9. The van der Waals surface area contributed by atoms with Crippen molar-refractivity contribution in [1.29, 1.82) is 0 Å². The minimum atomic E-state index is -0.984. The van der Waals surface area contributed by atoms with Crippen molar-refractivity contribution in [1.82, 2.24) is 0 Å². The molecule has 0 fully saturated rings. The zero-order valence-corrected chi connectivity index (χ0v) is 16.3. The SMILES string of the molecule is Cc1cc(-c2ccccc2)cc(C)c1C1=C(O)C(C)(C)OC(C)(C)C1=O. The third-order valence-corrected chi connectivity index (χ3v) is 4.98. The molecule has 2 aromatic rings. The minimum Gasteiger partial charge on any atom is -0.508 e. The molecular weight excluding hydrogens is 324 g/mol. The van der Waals surface area contributed by atoms with Crippen molar-refractivity contribution in [3.63, 3.8) is 0 Å². The highest BCUT2D eigenvalue weighted by atomic mass is 16.5. The van der Waals surface area contributed by atoms with Gasteiger partial charge in [0.2, 0.25) is 0 Å². The van der Waals surface area contributed by atoms with Gasteiger partial charge < -0.3 is 9.84 Å². The van der Waals surface area contributed by atoms with Crippen LogP contribution in [0, 0.1) is 13.8 Å². The van der Waals surface area contributed by atoms with Crippen molar-refractivity contribution in [2.75, 3.05) is 0 Å². The molecule has 0 saturated heterocycles. The summed E-state index contributed by atoms with van der Waals surface area (Å²) in [6, 6.07) is 14.3. The Kier molecular flexibility index (Phi) is 4.32. The van der Waals surface area contributed by atoms with E-state index in [-0.39, 0.29) is 11.5 Å². The second-order valence-corrected chi connectivity index (χ2v) is 8.03. The Morgan fingerprint density at radius 3 is 1.92 bits per heavy atom. The summed E-state index contributed by atoms with van der Waals surface area (Å²) in [5.41, 5.74) is 3.44. The van der Waals surface area contributed by atoms with Crippen molar-refractivity contribution >= 4 is 11.4 Å². The lowest BCUT2D eigenvalue weighted by molar-refractivity contribution is -0.158. The molecule has 0 unspecified atom stereocenters. The number of aliphatic hydroxyl groups excluding tert-OH is 1. The van der Waals surface area contributed by atoms with Crippen LogP contribution in [-0.2, 0) is 9.53 Å². The quantitative estimate of drug-likeness (QED) is 0.789. The van der Waals surface area contributed by atoms with Gasteiger partial charge in [-0.1, -0.05) is 42.5 Å². The number of carbonyl (C=O) groups is 1. The summed E-state index contributed by atoms with van der Waals surface area (Å²) in [5, 5.41) is 10.8. The van der Waals surface area contributed by atoms with Gasteiger partial charge in [0.1, 0.15) is 17.0 Å². The monoisotopic (exact) mass is 350 g/mol. The lowest BCUT2D eigenvalue weighted by atomic mass is 9.80. The summed E-state index contributed by atoms with van der Waals surface area (Å²) < 4.78 is 5.85. The third-order valence-electron chi connectivity index (χ3n) is 4.98. The van der Waals surface area contributed by atoms with Gasteiger partial charge in [-0.15, -0.1) is 0 Å². The maximum atomic E-state index is 13.1. The number of benzene rings is 2. The largest absolute Gasteiger partial charge is 0.508 e. The number of aryl methyl sites for hydroxylation is 2. The number of ketones is 1. The number of Topliss-reactive ketones (excluding diaryl/α,β-unsaturated/α-hetero) is 1. The van der Waals surface area contributed by atoms with Crippen LogP contribution in [0.25, 0.3) is 16.7 Å². The van der Waals surface area contributed by atoms with Crippen molar-refractivity contribution in [2.45, 2.75) is 52.7 Å². The number of ether oxygens (including phenoxy) is 1. The van der Waals surface area contributed by atoms with E-state index in [1.54, 1.807) is 27.7 Å². The van der Waals surface area contributed by atoms with Crippen LogP contribution in [0.3, 0.4) is 0 Å². The standard InChI is InChI=1S/C23H26O3/c1-14-12-17(16-10-8-7-9-11-16)13-15(2)18(14)19-20(24)22(3,4)26-23(5,6)21(19)25/h7-13,24H,1-6H3. The highest BCUT2D eigenvalue weighted by molar-refractivity contribution is 6.26. The minimum absolute atomic E-state index is 0.000450. The fraction of sp³-hybridized carbons (Fsp3) is 0.348. The summed E-state index contributed by atoms with van der Waals surface area (Å²) in [4.78, 5) is 13.1. The molecule has 0 saturated carbocycles. The Morgan fingerprint density at radius 2 is 1.38 bits per heavy atom. The number of rotatable bonds is 2. The highest BCUT2D eigenvalue weighted by Crippen LogP contribution is 2.42. The van der Waals surface area contributed by atoms with Crippen LogP contribution >= 0.6 is 0 Å². The van der Waals surface area contributed by atoms with Crippen LogP contribution in [0.5, 0.6) is 0 Å². The summed E-state index contributed by atoms with van der Waals surface area (Å²) >= 11 is 0. The first-order valence-electron chi connectivity index (χ1n) is 8.90. The summed E-state index contributed by atoms with van der Waals surface area (Å²) in [5.74, 6) is -0.187. The lowest BCUT2D eigenvalue weighted by Crippen LogP contribution is -2.49. The molecule has 3 nitrogen and oxygen atoms in total. The predicted octanol–water partition coefficient (Wildman–Crippen LogP) is 5.40.